The summed E-state index contributed by atoms with van der Waals surface area (Å²) in [5.41, 5.74) is 3.35. The molecule has 0 bridgehead atoms. The maximum atomic E-state index is 13.1. The Bertz CT molecular complexity index is 944. The van der Waals surface area contributed by atoms with Crippen LogP contribution in [0.15, 0.2) is 53.4 Å². The van der Waals surface area contributed by atoms with E-state index in [1.807, 2.05) is 48.5 Å². The molecule has 5 nitrogen and oxygen atoms in total. The molecule has 1 heterocycles. The van der Waals surface area contributed by atoms with E-state index >= 15 is 0 Å². The van der Waals surface area contributed by atoms with Gasteiger partial charge in [-0.25, -0.2) is 8.42 Å². The van der Waals surface area contributed by atoms with Gasteiger partial charge in [-0.15, -0.1) is 0 Å². The SMILES string of the molecule is COc1ccc(N2CCN(S(=O)(=O)C3=Cc4ccccc4CC3)CC2)cc1. The van der Waals surface area contributed by atoms with Crippen LogP contribution in [0.1, 0.15) is 17.5 Å². The second-order valence-corrected chi connectivity index (χ2v) is 8.89. The van der Waals surface area contributed by atoms with E-state index in [0.29, 0.717) is 37.5 Å². The molecule has 6 heteroatoms. The molecule has 0 saturated carbocycles. The molecule has 1 aliphatic heterocycles. The van der Waals surface area contributed by atoms with Crippen molar-refractivity contribution in [3.8, 4) is 5.75 Å². The van der Waals surface area contributed by atoms with Gasteiger partial charge >= 0.3 is 0 Å². The molecule has 2 aromatic carbocycles. The Balaban J connectivity index is 1.46. The van der Waals surface area contributed by atoms with Crippen LogP contribution in [0.4, 0.5) is 5.69 Å². The number of aryl methyl sites for hydroxylation is 1. The van der Waals surface area contributed by atoms with Crippen LogP contribution in [0, 0.1) is 0 Å². The Morgan fingerprint density at radius 2 is 1.59 bits per heavy atom. The number of piperazine rings is 1. The smallest absolute Gasteiger partial charge is 0.239 e. The van der Waals surface area contributed by atoms with Gasteiger partial charge in [-0.1, -0.05) is 24.3 Å². The minimum atomic E-state index is -3.40. The topological polar surface area (TPSA) is 49.9 Å². The molecule has 0 N–H and O–H groups in total. The van der Waals surface area contributed by atoms with Gasteiger partial charge in [0.05, 0.1) is 12.0 Å². The summed E-state index contributed by atoms with van der Waals surface area (Å²) in [6.07, 6.45) is 3.22. The highest BCUT2D eigenvalue weighted by Gasteiger charge is 2.31. The number of hydrogen-bond donors (Lipinski definition) is 0. The van der Waals surface area contributed by atoms with Crippen LogP contribution in [-0.4, -0.2) is 46.0 Å². The second-order valence-electron chi connectivity index (χ2n) is 6.90. The van der Waals surface area contributed by atoms with Crippen molar-refractivity contribution in [2.24, 2.45) is 0 Å². The Morgan fingerprint density at radius 3 is 2.30 bits per heavy atom. The number of hydrogen-bond acceptors (Lipinski definition) is 4. The minimum Gasteiger partial charge on any atom is -0.497 e. The monoisotopic (exact) mass is 384 g/mol. The molecule has 0 aromatic heterocycles. The first-order valence-electron chi connectivity index (χ1n) is 9.25. The molecule has 0 radical (unpaired) electrons. The molecule has 2 aromatic rings. The van der Waals surface area contributed by atoms with E-state index in [4.69, 9.17) is 4.74 Å². The van der Waals surface area contributed by atoms with E-state index in [1.165, 1.54) is 5.56 Å². The molecule has 0 spiro atoms. The van der Waals surface area contributed by atoms with Crippen molar-refractivity contribution in [1.29, 1.82) is 0 Å². The fourth-order valence-electron chi connectivity index (χ4n) is 3.76. The van der Waals surface area contributed by atoms with Gasteiger partial charge in [0.1, 0.15) is 5.75 Å². The minimum absolute atomic E-state index is 0.507. The fourth-order valence-corrected chi connectivity index (χ4v) is 5.37. The quantitative estimate of drug-likeness (QED) is 0.813. The number of benzene rings is 2. The number of ether oxygens (including phenoxy) is 1. The maximum Gasteiger partial charge on any atom is 0.239 e. The third-order valence-electron chi connectivity index (χ3n) is 5.36. The van der Waals surface area contributed by atoms with Gasteiger partial charge in [0.2, 0.25) is 10.0 Å². The highest BCUT2D eigenvalue weighted by atomic mass is 32.2. The summed E-state index contributed by atoms with van der Waals surface area (Å²) < 4.78 is 33.0. The second kappa shape index (κ2) is 7.37. The van der Waals surface area contributed by atoms with Crippen LogP contribution >= 0.6 is 0 Å². The van der Waals surface area contributed by atoms with Gasteiger partial charge in [0.25, 0.3) is 0 Å². The molecule has 1 saturated heterocycles. The number of fused-ring (bicyclic) bond motifs is 1. The van der Waals surface area contributed by atoms with E-state index in [1.54, 1.807) is 11.4 Å². The molecule has 1 fully saturated rings. The van der Waals surface area contributed by atoms with Crippen LogP contribution < -0.4 is 9.64 Å². The number of anilines is 1. The summed E-state index contributed by atoms with van der Waals surface area (Å²) in [4.78, 5) is 2.76. The van der Waals surface area contributed by atoms with Crippen molar-refractivity contribution < 1.29 is 13.2 Å². The van der Waals surface area contributed by atoms with Crippen LogP contribution in [0.25, 0.3) is 6.08 Å². The predicted molar refractivity (Wildman–Crippen MR) is 108 cm³/mol. The van der Waals surface area contributed by atoms with Crippen molar-refractivity contribution >= 4 is 21.8 Å². The van der Waals surface area contributed by atoms with Crippen LogP contribution in [0.5, 0.6) is 5.75 Å². The van der Waals surface area contributed by atoms with Crippen LogP contribution in [0.2, 0.25) is 0 Å². The van der Waals surface area contributed by atoms with Crippen molar-refractivity contribution in [3.63, 3.8) is 0 Å². The lowest BCUT2D eigenvalue weighted by molar-refractivity contribution is 0.387. The van der Waals surface area contributed by atoms with Crippen molar-refractivity contribution in [1.82, 2.24) is 4.31 Å². The van der Waals surface area contributed by atoms with Gasteiger partial charge in [-0.2, -0.15) is 4.31 Å². The highest BCUT2D eigenvalue weighted by Crippen LogP contribution is 2.30. The van der Waals surface area contributed by atoms with E-state index in [-0.39, 0.29) is 0 Å². The van der Waals surface area contributed by atoms with E-state index < -0.39 is 10.0 Å². The lowest BCUT2D eigenvalue weighted by Crippen LogP contribution is -2.49. The summed E-state index contributed by atoms with van der Waals surface area (Å²) >= 11 is 0. The van der Waals surface area contributed by atoms with Crippen LogP contribution in [0.3, 0.4) is 0 Å². The summed E-state index contributed by atoms with van der Waals surface area (Å²) in [5, 5.41) is 0. The van der Waals surface area contributed by atoms with E-state index in [0.717, 1.165) is 23.4 Å². The van der Waals surface area contributed by atoms with Gasteiger partial charge in [-0.05, 0) is 54.3 Å². The maximum absolute atomic E-state index is 13.1. The van der Waals surface area contributed by atoms with Crippen LogP contribution in [-0.2, 0) is 16.4 Å². The summed E-state index contributed by atoms with van der Waals surface area (Å²) in [6.45, 7) is 2.39. The van der Waals surface area contributed by atoms with E-state index in [2.05, 4.69) is 11.0 Å². The molecule has 0 amide bonds. The summed E-state index contributed by atoms with van der Waals surface area (Å²) in [5.74, 6) is 0.824. The first-order chi connectivity index (χ1) is 13.1. The average Bonchev–Trinajstić information content (AvgIpc) is 2.73. The molecular weight excluding hydrogens is 360 g/mol. The first-order valence-corrected chi connectivity index (χ1v) is 10.7. The molecule has 142 valence electrons. The van der Waals surface area contributed by atoms with Gasteiger partial charge in [0.15, 0.2) is 0 Å². The first kappa shape index (κ1) is 18.1. The highest BCUT2D eigenvalue weighted by molar-refractivity contribution is 7.93. The largest absolute Gasteiger partial charge is 0.497 e. The Kier molecular flexibility index (Phi) is 4.93. The molecule has 4 rings (SSSR count). The third-order valence-corrected chi connectivity index (χ3v) is 7.39. The third kappa shape index (κ3) is 3.59. The normalized spacial score (nSPS) is 18.0. The number of sulfonamides is 1. The standard InChI is InChI=1S/C21H24N2O3S/c1-26-20-9-7-19(8-10-20)22-12-14-23(15-13-22)27(24,25)21-11-6-17-4-2-3-5-18(17)16-21/h2-5,7-10,16H,6,11-15H2,1H3. The summed E-state index contributed by atoms with van der Waals surface area (Å²) in [6, 6.07) is 15.9. The molecule has 0 unspecified atom stereocenters. The van der Waals surface area contributed by atoms with Gasteiger partial charge in [-0.3, -0.25) is 0 Å². The Hall–Kier alpha value is -2.31. The summed E-state index contributed by atoms with van der Waals surface area (Å²) in [7, 11) is -1.75. The molecular formula is C21H24N2O3S. The zero-order valence-corrected chi connectivity index (χ0v) is 16.3. The van der Waals surface area contributed by atoms with Crippen molar-refractivity contribution in [2.75, 3.05) is 38.2 Å². The molecule has 0 atom stereocenters. The Morgan fingerprint density at radius 1 is 0.889 bits per heavy atom. The fraction of sp³-hybridized carbons (Fsp3) is 0.333. The zero-order valence-electron chi connectivity index (χ0n) is 15.5. The molecule has 2 aliphatic rings. The number of nitrogens with zero attached hydrogens (tertiary/aromatic N) is 2. The number of rotatable bonds is 4. The van der Waals surface area contributed by atoms with Gasteiger partial charge in [0, 0.05) is 31.9 Å². The molecule has 27 heavy (non-hydrogen) atoms. The van der Waals surface area contributed by atoms with Gasteiger partial charge < -0.3 is 9.64 Å². The lowest BCUT2D eigenvalue weighted by Gasteiger charge is -2.36. The Labute approximate surface area is 160 Å². The molecule has 1 aliphatic carbocycles. The average molecular weight is 385 g/mol. The number of methoxy groups -OCH3 is 1. The van der Waals surface area contributed by atoms with Crippen molar-refractivity contribution in [2.45, 2.75) is 12.8 Å². The van der Waals surface area contributed by atoms with E-state index in [9.17, 15) is 8.42 Å². The van der Waals surface area contributed by atoms with Crippen molar-refractivity contribution in [3.05, 3.63) is 64.6 Å². The lowest BCUT2D eigenvalue weighted by atomic mass is 9.98. The number of allylic oxidation sites excluding steroid dienone is 1. The zero-order chi connectivity index (χ0) is 18.9. The predicted octanol–water partition coefficient (Wildman–Crippen LogP) is 3.13.